The van der Waals surface area contributed by atoms with E-state index >= 15 is 0 Å². The number of carbonyl (C=O) groups excluding carboxylic acids is 2. The van der Waals surface area contributed by atoms with Crippen LogP contribution in [0.3, 0.4) is 0 Å². The van der Waals surface area contributed by atoms with Gasteiger partial charge in [0.2, 0.25) is 0 Å². The lowest BCUT2D eigenvalue weighted by Crippen LogP contribution is -2.50. The van der Waals surface area contributed by atoms with Crippen LogP contribution in [0.25, 0.3) is 0 Å². The minimum atomic E-state index is -4.63. The number of carbonyl (C=O) groups is 2. The molecule has 0 spiro atoms. The lowest BCUT2D eigenvalue weighted by Gasteiger charge is -2.36. The zero-order valence-corrected chi connectivity index (χ0v) is 15.5. The molecule has 1 N–H and O–H groups in total. The summed E-state index contributed by atoms with van der Waals surface area (Å²) in [6.07, 6.45) is -3.18. The normalized spacial score (nSPS) is 23.0. The fourth-order valence-electron chi connectivity index (χ4n) is 3.61. The van der Waals surface area contributed by atoms with Gasteiger partial charge in [-0.15, -0.1) is 0 Å². The number of nitrogens with one attached hydrogen (secondary N) is 1. The highest BCUT2D eigenvalue weighted by molar-refractivity contribution is 5.95. The first-order chi connectivity index (χ1) is 13.2. The minimum absolute atomic E-state index is 0.0307. The number of urea groups is 1. The summed E-state index contributed by atoms with van der Waals surface area (Å²) < 4.78 is 50.8. The van der Waals surface area contributed by atoms with E-state index < -0.39 is 29.8 Å². The Bertz CT molecular complexity index is 801. The molecule has 0 saturated carbocycles. The zero-order valence-electron chi connectivity index (χ0n) is 15.5. The molecule has 2 aliphatic heterocycles. The van der Waals surface area contributed by atoms with Crippen molar-refractivity contribution in [2.24, 2.45) is 0 Å². The molecule has 2 amide bonds. The van der Waals surface area contributed by atoms with Crippen LogP contribution in [0, 0.1) is 0 Å². The molecular weight excluding hydrogens is 377 g/mol. The summed E-state index contributed by atoms with van der Waals surface area (Å²) in [7, 11) is 1.15. The van der Waals surface area contributed by atoms with E-state index in [0.717, 1.165) is 26.0 Å². The number of nitrogens with zero attached hydrogens (tertiary/aromatic N) is 1. The Morgan fingerprint density at radius 1 is 1.36 bits per heavy atom. The molecule has 1 aromatic carbocycles. The van der Waals surface area contributed by atoms with Gasteiger partial charge in [-0.1, -0.05) is 18.2 Å². The molecule has 9 heteroatoms. The van der Waals surface area contributed by atoms with Gasteiger partial charge < -0.3 is 14.8 Å². The fourth-order valence-corrected chi connectivity index (χ4v) is 3.61. The van der Waals surface area contributed by atoms with E-state index in [4.69, 9.17) is 9.47 Å². The zero-order chi connectivity index (χ0) is 20.5. The highest BCUT2D eigenvalue weighted by Gasteiger charge is 2.42. The molecule has 1 aromatic rings. The second kappa shape index (κ2) is 7.83. The van der Waals surface area contributed by atoms with Crippen molar-refractivity contribution in [1.29, 1.82) is 0 Å². The van der Waals surface area contributed by atoms with Crippen LogP contribution in [0.1, 0.15) is 36.9 Å². The van der Waals surface area contributed by atoms with Crippen molar-refractivity contribution in [2.75, 3.05) is 20.3 Å². The lowest BCUT2D eigenvalue weighted by atomic mass is 9.91. The summed E-state index contributed by atoms with van der Waals surface area (Å²) in [6, 6.07) is 3.01. The largest absolute Gasteiger partial charge is 0.466 e. The third-order valence-electron chi connectivity index (χ3n) is 4.99. The van der Waals surface area contributed by atoms with Crippen molar-refractivity contribution >= 4 is 12.0 Å². The second-order valence-corrected chi connectivity index (χ2v) is 6.70. The number of benzene rings is 1. The number of methoxy groups -OCH3 is 1. The van der Waals surface area contributed by atoms with Gasteiger partial charge in [0.1, 0.15) is 0 Å². The quantitative estimate of drug-likeness (QED) is 0.790. The highest BCUT2D eigenvalue weighted by atomic mass is 19.4. The van der Waals surface area contributed by atoms with E-state index in [9.17, 15) is 22.8 Å². The minimum Gasteiger partial charge on any atom is -0.466 e. The molecule has 152 valence electrons. The average Bonchev–Trinajstić information content (AvgIpc) is 3.16. The smallest absolute Gasteiger partial charge is 0.416 e. The lowest BCUT2D eigenvalue weighted by molar-refractivity contribution is -0.140. The van der Waals surface area contributed by atoms with Crippen LogP contribution >= 0.6 is 0 Å². The number of esters is 1. The monoisotopic (exact) mass is 398 g/mol. The van der Waals surface area contributed by atoms with Crippen molar-refractivity contribution in [3.63, 3.8) is 0 Å². The molecule has 1 saturated heterocycles. The molecule has 6 nitrogen and oxygen atoms in total. The number of allylic oxidation sites excluding steroid dienone is 1. The van der Waals surface area contributed by atoms with Gasteiger partial charge in [0.05, 0.1) is 36.9 Å². The van der Waals surface area contributed by atoms with Gasteiger partial charge >= 0.3 is 18.2 Å². The van der Waals surface area contributed by atoms with E-state index in [1.165, 1.54) is 30.0 Å². The van der Waals surface area contributed by atoms with Gasteiger partial charge in [-0.2, -0.15) is 13.2 Å². The molecule has 2 aliphatic rings. The molecular formula is C19H21F3N2O4. The third kappa shape index (κ3) is 3.84. The molecule has 1 fully saturated rings. The van der Waals surface area contributed by atoms with Gasteiger partial charge in [0.25, 0.3) is 0 Å². The van der Waals surface area contributed by atoms with Crippen molar-refractivity contribution < 1.29 is 32.2 Å². The van der Waals surface area contributed by atoms with Crippen LogP contribution in [0.2, 0.25) is 0 Å². The second-order valence-electron chi connectivity index (χ2n) is 6.70. The van der Waals surface area contributed by atoms with Gasteiger partial charge in [-0.05, 0) is 31.4 Å². The van der Waals surface area contributed by atoms with Gasteiger partial charge in [-0.25, -0.2) is 9.59 Å². The highest BCUT2D eigenvalue weighted by Crippen LogP contribution is 2.39. The number of alkyl halides is 3. The summed E-state index contributed by atoms with van der Waals surface area (Å²) in [5.41, 5.74) is -0.896. The SMILES string of the molecule is COC(=O)C1=C(C)N(CC2CCCO2)C(=O)NC1c1ccccc1C(F)(F)F. The molecule has 3 rings (SSSR count). The molecule has 0 aromatic heterocycles. The molecule has 0 aliphatic carbocycles. The maximum Gasteiger partial charge on any atom is 0.416 e. The van der Waals surface area contributed by atoms with E-state index in [0.29, 0.717) is 6.61 Å². The van der Waals surface area contributed by atoms with Crippen LogP contribution < -0.4 is 5.32 Å². The Morgan fingerprint density at radius 3 is 2.68 bits per heavy atom. The number of halogens is 3. The molecule has 0 radical (unpaired) electrons. The number of hydrogen-bond donors (Lipinski definition) is 1. The van der Waals surface area contributed by atoms with E-state index in [1.807, 2.05) is 0 Å². The fraction of sp³-hybridized carbons (Fsp3) is 0.474. The molecule has 2 atom stereocenters. The standard InChI is InChI=1S/C19H21F3N2O4/c1-11-15(17(25)27-2)16(13-7-3-4-8-14(13)19(20,21)22)23-18(26)24(11)10-12-6-5-9-28-12/h3-4,7-8,12,16H,5-6,9-10H2,1-2H3,(H,23,26). The molecule has 28 heavy (non-hydrogen) atoms. The van der Waals surface area contributed by atoms with Crippen LogP contribution in [0.4, 0.5) is 18.0 Å². The number of rotatable bonds is 4. The Balaban J connectivity index is 2.06. The number of amides is 2. The van der Waals surface area contributed by atoms with Gasteiger partial charge in [-0.3, -0.25) is 4.90 Å². The summed E-state index contributed by atoms with van der Waals surface area (Å²) in [6.45, 7) is 2.34. The number of ether oxygens (including phenoxy) is 2. The summed E-state index contributed by atoms with van der Waals surface area (Å²) >= 11 is 0. The predicted octanol–water partition coefficient (Wildman–Crippen LogP) is 3.40. The van der Waals surface area contributed by atoms with E-state index in [1.54, 1.807) is 0 Å². The van der Waals surface area contributed by atoms with Crippen molar-refractivity contribution in [2.45, 2.75) is 38.1 Å². The van der Waals surface area contributed by atoms with Crippen LogP contribution in [-0.4, -0.2) is 43.3 Å². The van der Waals surface area contributed by atoms with Gasteiger partial charge in [0, 0.05) is 12.3 Å². The number of hydrogen-bond acceptors (Lipinski definition) is 4. The Labute approximate surface area is 160 Å². The first kappa shape index (κ1) is 20.2. The molecule has 2 heterocycles. The third-order valence-corrected chi connectivity index (χ3v) is 4.99. The summed E-state index contributed by atoms with van der Waals surface area (Å²) in [4.78, 5) is 26.5. The van der Waals surface area contributed by atoms with Crippen LogP contribution in [0.15, 0.2) is 35.5 Å². The van der Waals surface area contributed by atoms with Crippen LogP contribution in [-0.2, 0) is 20.4 Å². The van der Waals surface area contributed by atoms with Crippen molar-refractivity contribution in [3.8, 4) is 0 Å². The van der Waals surface area contributed by atoms with E-state index in [-0.39, 0.29) is 29.5 Å². The Morgan fingerprint density at radius 2 is 2.07 bits per heavy atom. The predicted molar refractivity (Wildman–Crippen MR) is 93.1 cm³/mol. The van der Waals surface area contributed by atoms with Crippen LogP contribution in [0.5, 0.6) is 0 Å². The van der Waals surface area contributed by atoms with Crippen molar-refractivity contribution in [1.82, 2.24) is 10.2 Å². The first-order valence-corrected chi connectivity index (χ1v) is 8.89. The summed E-state index contributed by atoms with van der Waals surface area (Å²) in [5, 5.41) is 2.54. The Hall–Kier alpha value is -2.55. The average molecular weight is 398 g/mol. The first-order valence-electron chi connectivity index (χ1n) is 8.89. The molecule has 2 unspecified atom stereocenters. The topological polar surface area (TPSA) is 67.9 Å². The van der Waals surface area contributed by atoms with Gasteiger partial charge in [0.15, 0.2) is 0 Å². The maximum absolute atomic E-state index is 13.5. The maximum atomic E-state index is 13.5. The summed E-state index contributed by atoms with van der Waals surface area (Å²) in [5.74, 6) is -0.795. The van der Waals surface area contributed by atoms with E-state index in [2.05, 4.69) is 5.32 Å². The van der Waals surface area contributed by atoms with Crippen molar-refractivity contribution in [3.05, 3.63) is 46.7 Å². The molecule has 0 bridgehead atoms. The Kier molecular flexibility index (Phi) is 5.64.